The Morgan fingerprint density at radius 3 is 2.38 bits per heavy atom. The van der Waals surface area contributed by atoms with Crippen molar-refractivity contribution >= 4 is 64.0 Å². The molecule has 0 aliphatic carbocycles. The van der Waals surface area contributed by atoms with Crippen LogP contribution in [-0.2, 0) is 0 Å². The van der Waals surface area contributed by atoms with Gasteiger partial charge in [-0.3, -0.25) is 4.98 Å². The summed E-state index contributed by atoms with van der Waals surface area (Å²) in [5.41, 5.74) is 5.69. The zero-order chi connectivity index (χ0) is 24.3. The van der Waals surface area contributed by atoms with Gasteiger partial charge in [-0.15, -0.1) is 11.3 Å². The molecular formula is C34H20N2S. The van der Waals surface area contributed by atoms with E-state index in [0.717, 1.165) is 27.5 Å². The SMILES string of the molecule is c1cc(-c2cccc3sc4ccc(-c5ccc6ccc7ccccc7c6n5)cc4c23)c2ccncc2c1. The Morgan fingerprint density at radius 1 is 0.541 bits per heavy atom. The average Bonchev–Trinajstić information content (AvgIpc) is 3.35. The van der Waals surface area contributed by atoms with Gasteiger partial charge in [0.25, 0.3) is 0 Å². The van der Waals surface area contributed by atoms with Crippen LogP contribution < -0.4 is 0 Å². The first kappa shape index (κ1) is 20.6. The fraction of sp³-hybridized carbons (Fsp3) is 0. The third-order valence-corrected chi connectivity index (χ3v) is 8.48. The van der Waals surface area contributed by atoms with Crippen LogP contribution in [0.4, 0.5) is 0 Å². The predicted octanol–water partition coefficient (Wildman–Crippen LogP) is 9.64. The van der Waals surface area contributed by atoms with Crippen molar-refractivity contribution in [3.63, 3.8) is 0 Å². The van der Waals surface area contributed by atoms with Gasteiger partial charge in [-0.1, -0.05) is 78.9 Å². The summed E-state index contributed by atoms with van der Waals surface area (Å²) in [5, 5.41) is 8.54. The van der Waals surface area contributed by atoms with Crippen LogP contribution in [0.5, 0.6) is 0 Å². The Balaban J connectivity index is 1.38. The summed E-state index contributed by atoms with van der Waals surface area (Å²) in [6, 6.07) is 39.2. The van der Waals surface area contributed by atoms with Crippen molar-refractivity contribution in [3.8, 4) is 22.4 Å². The highest BCUT2D eigenvalue weighted by Crippen LogP contribution is 2.43. The molecule has 3 heterocycles. The first-order chi connectivity index (χ1) is 18.3. The molecular weight excluding hydrogens is 468 g/mol. The molecule has 37 heavy (non-hydrogen) atoms. The number of hydrogen-bond donors (Lipinski definition) is 0. The third-order valence-electron chi connectivity index (χ3n) is 7.35. The minimum absolute atomic E-state index is 0.999. The second kappa shape index (κ2) is 7.95. The number of aromatic nitrogens is 2. The summed E-state index contributed by atoms with van der Waals surface area (Å²) >= 11 is 1.85. The number of hydrogen-bond acceptors (Lipinski definition) is 3. The van der Waals surface area contributed by atoms with Crippen LogP contribution in [0.3, 0.4) is 0 Å². The van der Waals surface area contributed by atoms with E-state index in [9.17, 15) is 0 Å². The molecule has 0 atom stereocenters. The largest absolute Gasteiger partial charge is 0.264 e. The number of nitrogens with zero attached hydrogens (tertiary/aromatic N) is 2. The Bertz CT molecular complexity index is 2150. The molecule has 0 amide bonds. The number of fused-ring (bicyclic) bond motifs is 7. The van der Waals surface area contributed by atoms with E-state index >= 15 is 0 Å². The number of pyridine rings is 2. The van der Waals surface area contributed by atoms with Crippen molar-refractivity contribution in [2.24, 2.45) is 0 Å². The first-order valence-corrected chi connectivity index (χ1v) is 13.2. The van der Waals surface area contributed by atoms with Crippen LogP contribution in [0.25, 0.3) is 75.0 Å². The predicted molar refractivity (Wildman–Crippen MR) is 158 cm³/mol. The fourth-order valence-corrected chi connectivity index (χ4v) is 6.70. The quantitative estimate of drug-likeness (QED) is 0.226. The molecule has 0 unspecified atom stereocenters. The second-order valence-electron chi connectivity index (χ2n) is 9.45. The fourth-order valence-electron chi connectivity index (χ4n) is 5.59. The smallest absolute Gasteiger partial charge is 0.0787 e. The molecule has 0 bridgehead atoms. The second-order valence-corrected chi connectivity index (χ2v) is 10.5. The molecule has 0 aliphatic heterocycles. The highest BCUT2D eigenvalue weighted by Gasteiger charge is 2.14. The van der Waals surface area contributed by atoms with E-state index in [-0.39, 0.29) is 0 Å². The third kappa shape index (κ3) is 3.18. The Morgan fingerprint density at radius 2 is 1.38 bits per heavy atom. The number of benzene rings is 5. The van der Waals surface area contributed by atoms with Crippen molar-refractivity contribution in [2.75, 3.05) is 0 Å². The highest BCUT2D eigenvalue weighted by atomic mass is 32.1. The molecule has 0 aliphatic rings. The topological polar surface area (TPSA) is 25.8 Å². The minimum atomic E-state index is 0.999. The molecule has 3 aromatic heterocycles. The van der Waals surface area contributed by atoms with Crippen molar-refractivity contribution in [1.82, 2.24) is 9.97 Å². The summed E-state index contributed by atoms with van der Waals surface area (Å²) in [6.45, 7) is 0. The van der Waals surface area contributed by atoms with Crippen molar-refractivity contribution < 1.29 is 0 Å². The molecule has 8 aromatic rings. The molecule has 3 heteroatoms. The van der Waals surface area contributed by atoms with Gasteiger partial charge in [0.1, 0.15) is 0 Å². The molecule has 0 saturated heterocycles. The van der Waals surface area contributed by atoms with Crippen LogP contribution in [-0.4, -0.2) is 9.97 Å². The first-order valence-electron chi connectivity index (χ1n) is 12.4. The lowest BCUT2D eigenvalue weighted by Gasteiger charge is -2.09. The van der Waals surface area contributed by atoms with Gasteiger partial charge in [0.2, 0.25) is 0 Å². The monoisotopic (exact) mass is 488 g/mol. The molecule has 0 N–H and O–H groups in total. The van der Waals surface area contributed by atoms with Gasteiger partial charge in [0.15, 0.2) is 0 Å². The van der Waals surface area contributed by atoms with Crippen LogP contribution >= 0.6 is 11.3 Å². The van der Waals surface area contributed by atoms with E-state index in [4.69, 9.17) is 4.98 Å². The van der Waals surface area contributed by atoms with Gasteiger partial charge in [-0.05, 0) is 52.2 Å². The molecule has 5 aromatic carbocycles. The summed E-state index contributed by atoms with van der Waals surface area (Å²) < 4.78 is 2.59. The van der Waals surface area contributed by atoms with E-state index < -0.39 is 0 Å². The maximum absolute atomic E-state index is 5.16. The van der Waals surface area contributed by atoms with Gasteiger partial charge in [0.05, 0.1) is 11.2 Å². The lowest BCUT2D eigenvalue weighted by Crippen LogP contribution is -1.87. The van der Waals surface area contributed by atoms with Gasteiger partial charge in [-0.25, -0.2) is 4.98 Å². The maximum atomic E-state index is 5.16. The van der Waals surface area contributed by atoms with Gasteiger partial charge < -0.3 is 0 Å². The van der Waals surface area contributed by atoms with Crippen molar-refractivity contribution in [1.29, 1.82) is 0 Å². The maximum Gasteiger partial charge on any atom is 0.0787 e. The normalized spacial score (nSPS) is 11.8. The van der Waals surface area contributed by atoms with E-state index in [1.165, 1.54) is 47.5 Å². The van der Waals surface area contributed by atoms with Crippen LogP contribution in [0, 0.1) is 0 Å². The lowest BCUT2D eigenvalue weighted by atomic mass is 9.95. The lowest BCUT2D eigenvalue weighted by molar-refractivity contribution is 1.36. The van der Waals surface area contributed by atoms with Crippen molar-refractivity contribution in [2.45, 2.75) is 0 Å². The van der Waals surface area contributed by atoms with Gasteiger partial charge in [0, 0.05) is 54.3 Å². The van der Waals surface area contributed by atoms with Crippen LogP contribution in [0.15, 0.2) is 122 Å². The van der Waals surface area contributed by atoms with E-state index in [1.807, 2.05) is 23.7 Å². The summed E-state index contributed by atoms with van der Waals surface area (Å²) in [5.74, 6) is 0. The van der Waals surface area contributed by atoms with Crippen LogP contribution in [0.2, 0.25) is 0 Å². The average molecular weight is 489 g/mol. The Hall–Kier alpha value is -4.60. The molecule has 172 valence electrons. The number of thiophene rings is 1. The molecule has 0 saturated carbocycles. The Kier molecular flexibility index (Phi) is 4.42. The number of rotatable bonds is 2. The van der Waals surface area contributed by atoms with E-state index in [1.54, 1.807) is 0 Å². The molecule has 0 radical (unpaired) electrons. The summed E-state index contributed by atoms with van der Waals surface area (Å²) in [7, 11) is 0. The van der Waals surface area contributed by atoms with E-state index in [0.29, 0.717) is 0 Å². The highest BCUT2D eigenvalue weighted by molar-refractivity contribution is 7.26. The van der Waals surface area contributed by atoms with Gasteiger partial charge in [-0.2, -0.15) is 0 Å². The summed E-state index contributed by atoms with van der Waals surface area (Å²) in [6.07, 6.45) is 3.82. The molecule has 0 fully saturated rings. The standard InChI is InChI=1S/C34H20N2S/c1-2-7-26-21(5-1)11-12-22-13-15-30(36-34(22)26)23-14-16-31-29(19-23)33-28(9-4-10-32(33)37-31)27-8-3-6-24-20-35-18-17-25(24)27/h1-20H. The molecule has 0 spiro atoms. The molecule has 2 nitrogen and oxygen atoms in total. The van der Waals surface area contributed by atoms with Crippen molar-refractivity contribution in [3.05, 3.63) is 122 Å². The summed E-state index contributed by atoms with van der Waals surface area (Å²) in [4.78, 5) is 9.49. The van der Waals surface area contributed by atoms with Crippen LogP contribution in [0.1, 0.15) is 0 Å². The molecule has 8 rings (SSSR count). The van der Waals surface area contributed by atoms with E-state index in [2.05, 4.69) is 114 Å². The zero-order valence-corrected chi connectivity index (χ0v) is 20.7. The Labute approximate surface area is 217 Å². The zero-order valence-electron chi connectivity index (χ0n) is 19.8. The van der Waals surface area contributed by atoms with Gasteiger partial charge >= 0.3 is 0 Å². The minimum Gasteiger partial charge on any atom is -0.264 e.